The van der Waals surface area contributed by atoms with Gasteiger partial charge in [0.05, 0.1) is 0 Å². The second-order valence-corrected chi connectivity index (χ2v) is 8.36. The molecule has 0 aliphatic heterocycles. The molecule has 2 radical (unpaired) electrons. The lowest BCUT2D eigenvalue weighted by Gasteiger charge is -2.31. The van der Waals surface area contributed by atoms with E-state index in [1.54, 1.807) is 0 Å². The summed E-state index contributed by atoms with van der Waals surface area (Å²) in [4.78, 5) is 0. The van der Waals surface area contributed by atoms with Crippen molar-refractivity contribution in [3.05, 3.63) is 0 Å². The SMILES string of the molecule is CCC[Si](CCC)(CCC)[O][Al]. The molecule has 70 valence electrons. The quantitative estimate of drug-likeness (QED) is 0.573. The van der Waals surface area contributed by atoms with E-state index < -0.39 is 8.32 Å². The van der Waals surface area contributed by atoms with Crippen LogP contribution in [0, 0.1) is 0 Å². The lowest BCUT2D eigenvalue weighted by atomic mass is 10.6. The molecule has 0 aromatic rings. The van der Waals surface area contributed by atoms with E-state index in [1.807, 2.05) is 0 Å². The lowest BCUT2D eigenvalue weighted by molar-refractivity contribution is 0.568. The maximum absolute atomic E-state index is 5.71. The first-order valence-electron chi connectivity index (χ1n) is 5.12. The molecule has 0 aromatic heterocycles. The Kier molecular flexibility index (Phi) is 7.57. The Bertz CT molecular complexity index is 91.7. The zero-order valence-electron chi connectivity index (χ0n) is 8.73. The highest BCUT2D eigenvalue weighted by Crippen LogP contribution is 2.25. The Labute approximate surface area is 86.8 Å². The number of rotatable bonds is 7. The molecule has 0 rings (SSSR count). The Hall–Kier alpha value is 0.709. The van der Waals surface area contributed by atoms with Crippen LogP contribution in [0.2, 0.25) is 18.1 Å². The molecule has 0 spiro atoms. The van der Waals surface area contributed by atoms with Crippen LogP contribution in [0.3, 0.4) is 0 Å². The van der Waals surface area contributed by atoms with E-state index in [-0.39, 0.29) is 0 Å². The Morgan fingerprint density at radius 1 is 0.917 bits per heavy atom. The first-order chi connectivity index (χ1) is 5.74. The van der Waals surface area contributed by atoms with E-state index in [2.05, 4.69) is 37.4 Å². The summed E-state index contributed by atoms with van der Waals surface area (Å²) in [6.45, 7) is 6.78. The first kappa shape index (κ1) is 12.7. The van der Waals surface area contributed by atoms with Crippen LogP contribution in [0.25, 0.3) is 0 Å². The van der Waals surface area contributed by atoms with Crippen LogP contribution in [0.5, 0.6) is 0 Å². The molecule has 0 saturated carbocycles. The molecular formula is C9H21AlOSi. The smallest absolute Gasteiger partial charge is 0.354 e. The predicted octanol–water partition coefficient (Wildman–Crippen LogP) is 3.26. The van der Waals surface area contributed by atoms with Crippen molar-refractivity contribution < 1.29 is 3.48 Å². The largest absolute Gasteiger partial charge is 0.558 e. The van der Waals surface area contributed by atoms with Gasteiger partial charge in [0.1, 0.15) is 0 Å². The summed E-state index contributed by atoms with van der Waals surface area (Å²) in [6.07, 6.45) is 3.84. The Morgan fingerprint density at radius 2 is 1.25 bits per heavy atom. The molecule has 0 saturated heterocycles. The Balaban J connectivity index is 4.06. The van der Waals surface area contributed by atoms with Gasteiger partial charge in [-0.1, -0.05) is 40.0 Å². The fourth-order valence-electron chi connectivity index (χ4n) is 1.92. The maximum atomic E-state index is 5.71. The summed E-state index contributed by atoms with van der Waals surface area (Å²) in [7, 11) is -1.31. The van der Waals surface area contributed by atoms with Crippen LogP contribution in [0.15, 0.2) is 0 Å². The number of hydrogen-bond donors (Lipinski definition) is 0. The van der Waals surface area contributed by atoms with Crippen molar-refractivity contribution in [3.63, 3.8) is 0 Å². The van der Waals surface area contributed by atoms with Crippen LogP contribution in [0.4, 0.5) is 0 Å². The van der Waals surface area contributed by atoms with Crippen molar-refractivity contribution in [2.75, 3.05) is 0 Å². The normalized spacial score (nSPS) is 11.9. The van der Waals surface area contributed by atoms with Crippen LogP contribution in [-0.4, -0.2) is 24.9 Å². The van der Waals surface area contributed by atoms with Gasteiger partial charge in [-0.2, -0.15) is 0 Å². The van der Waals surface area contributed by atoms with Gasteiger partial charge < -0.3 is 3.48 Å². The van der Waals surface area contributed by atoms with Crippen LogP contribution in [-0.2, 0) is 3.48 Å². The van der Waals surface area contributed by atoms with Crippen molar-refractivity contribution in [2.45, 2.75) is 58.2 Å². The average Bonchev–Trinajstić information content (AvgIpc) is 2.06. The molecule has 0 fully saturated rings. The molecule has 0 heterocycles. The highest BCUT2D eigenvalue weighted by molar-refractivity contribution is 6.76. The molecule has 0 bridgehead atoms. The van der Waals surface area contributed by atoms with Gasteiger partial charge in [0.15, 0.2) is 8.32 Å². The molecule has 3 heteroatoms. The summed E-state index contributed by atoms with van der Waals surface area (Å²) >= 11 is 2.51. The summed E-state index contributed by atoms with van der Waals surface area (Å²) in [5.41, 5.74) is 0. The summed E-state index contributed by atoms with van der Waals surface area (Å²) in [5.74, 6) is 0. The highest BCUT2D eigenvalue weighted by Gasteiger charge is 2.28. The van der Waals surface area contributed by atoms with Crippen molar-refractivity contribution in [1.82, 2.24) is 0 Å². The van der Waals surface area contributed by atoms with Crippen LogP contribution < -0.4 is 0 Å². The van der Waals surface area contributed by atoms with Crippen LogP contribution >= 0.6 is 0 Å². The molecule has 0 amide bonds. The zero-order chi connectivity index (χ0) is 9.45. The van der Waals surface area contributed by atoms with Gasteiger partial charge in [0, 0.05) is 0 Å². The average molecular weight is 200 g/mol. The van der Waals surface area contributed by atoms with E-state index in [9.17, 15) is 0 Å². The van der Waals surface area contributed by atoms with Crippen molar-refractivity contribution >= 4 is 24.9 Å². The first-order valence-corrected chi connectivity index (χ1v) is 8.12. The summed E-state index contributed by atoms with van der Waals surface area (Å²) < 4.78 is 5.71. The fourth-order valence-corrected chi connectivity index (χ4v) is 6.82. The third-order valence-electron chi connectivity index (χ3n) is 2.37. The van der Waals surface area contributed by atoms with E-state index in [4.69, 9.17) is 3.48 Å². The minimum absolute atomic E-state index is 1.28. The second kappa shape index (κ2) is 7.15. The molecule has 0 N–H and O–H groups in total. The Morgan fingerprint density at radius 3 is 1.42 bits per heavy atom. The standard InChI is InChI=1S/C9H21OSi.Al/c1-4-7-11(10,8-5-2)9-6-3;/h4-9H2,1-3H3;/q-1;+1. The maximum Gasteiger partial charge on any atom is 0.354 e. The zero-order valence-corrected chi connectivity index (χ0v) is 10.9. The fraction of sp³-hybridized carbons (Fsp3) is 1.00. The minimum Gasteiger partial charge on any atom is -0.558 e. The second-order valence-electron chi connectivity index (χ2n) is 3.55. The monoisotopic (exact) mass is 200 g/mol. The molecule has 0 atom stereocenters. The van der Waals surface area contributed by atoms with E-state index in [0.29, 0.717) is 0 Å². The molecule has 0 unspecified atom stereocenters. The number of hydrogen-bond acceptors (Lipinski definition) is 1. The molecule has 12 heavy (non-hydrogen) atoms. The predicted molar refractivity (Wildman–Crippen MR) is 57.9 cm³/mol. The van der Waals surface area contributed by atoms with Gasteiger partial charge >= 0.3 is 16.6 Å². The van der Waals surface area contributed by atoms with Gasteiger partial charge in [0.25, 0.3) is 0 Å². The molecular weight excluding hydrogens is 179 g/mol. The topological polar surface area (TPSA) is 9.23 Å². The molecule has 0 aromatic carbocycles. The third kappa shape index (κ3) is 4.09. The molecule has 0 aliphatic carbocycles. The molecule has 0 aliphatic rings. The van der Waals surface area contributed by atoms with E-state index in [0.717, 1.165) is 0 Å². The van der Waals surface area contributed by atoms with Gasteiger partial charge in [-0.3, -0.25) is 0 Å². The van der Waals surface area contributed by atoms with Gasteiger partial charge in [-0.25, -0.2) is 0 Å². The lowest BCUT2D eigenvalue weighted by Crippen LogP contribution is -2.36. The van der Waals surface area contributed by atoms with Crippen molar-refractivity contribution in [2.24, 2.45) is 0 Å². The highest BCUT2D eigenvalue weighted by atomic mass is 28.4. The van der Waals surface area contributed by atoms with Crippen LogP contribution in [0.1, 0.15) is 40.0 Å². The summed E-state index contributed by atoms with van der Waals surface area (Å²) in [6, 6.07) is 3.99. The van der Waals surface area contributed by atoms with Crippen molar-refractivity contribution in [1.29, 1.82) is 0 Å². The van der Waals surface area contributed by atoms with Gasteiger partial charge in [-0.05, 0) is 18.1 Å². The molecule has 1 nitrogen and oxygen atoms in total. The van der Waals surface area contributed by atoms with E-state index >= 15 is 0 Å². The van der Waals surface area contributed by atoms with Gasteiger partial charge in [-0.15, -0.1) is 0 Å². The van der Waals surface area contributed by atoms with Gasteiger partial charge in [0.2, 0.25) is 0 Å². The summed E-state index contributed by atoms with van der Waals surface area (Å²) in [5, 5.41) is 0. The van der Waals surface area contributed by atoms with E-state index in [1.165, 1.54) is 37.4 Å². The van der Waals surface area contributed by atoms with Crippen molar-refractivity contribution in [3.8, 4) is 0 Å². The minimum atomic E-state index is -1.31. The third-order valence-corrected chi connectivity index (χ3v) is 8.60.